The number of pyridine rings is 1. The highest BCUT2D eigenvalue weighted by Gasteiger charge is 2.51. The van der Waals surface area contributed by atoms with Crippen LogP contribution in [-0.2, 0) is 6.18 Å². The number of rotatable bonds is 7. The van der Waals surface area contributed by atoms with Gasteiger partial charge in [0.1, 0.15) is 17.9 Å². The topological polar surface area (TPSA) is 143 Å². The molecule has 0 unspecified atom stereocenters. The number of aromatic nitrogens is 2. The predicted octanol–water partition coefficient (Wildman–Crippen LogP) is 1.34. The Hall–Kier alpha value is -3.24. The zero-order chi connectivity index (χ0) is 25.4. The summed E-state index contributed by atoms with van der Waals surface area (Å²) in [6.45, 7) is -1.89. The third-order valence-electron chi connectivity index (χ3n) is 3.96. The van der Waals surface area contributed by atoms with E-state index in [0.29, 0.717) is 22.9 Å². The number of aliphatic hydroxyl groups is 3. The summed E-state index contributed by atoms with van der Waals surface area (Å²) in [4.78, 5) is 19.0. The maximum Gasteiger partial charge on any atom is 0.453 e. The molecule has 16 heteroatoms. The lowest BCUT2D eigenvalue weighted by atomic mass is 10.1. The Balaban J connectivity index is 2.64. The molecular weight excluding hydrogens is 473 g/mol. The largest absolute Gasteiger partial charge is 0.453 e. The number of aliphatic imine (C=N–C) groups is 1. The van der Waals surface area contributed by atoms with Gasteiger partial charge in [-0.2, -0.15) is 22.0 Å². The Morgan fingerprint density at radius 1 is 1.21 bits per heavy atom. The van der Waals surface area contributed by atoms with Gasteiger partial charge in [0.05, 0.1) is 5.56 Å². The summed E-state index contributed by atoms with van der Waals surface area (Å²) in [5.74, 6) is -9.72. The van der Waals surface area contributed by atoms with Crippen LogP contribution in [-0.4, -0.2) is 55.5 Å². The summed E-state index contributed by atoms with van der Waals surface area (Å²) in [5, 5.41) is 26.4. The number of ether oxygens (including phenoxy) is 1. The molecule has 0 spiro atoms. The van der Waals surface area contributed by atoms with Gasteiger partial charge in [0.2, 0.25) is 0 Å². The Kier molecular flexibility index (Phi) is 6.78. The molecule has 2 rings (SSSR count). The van der Waals surface area contributed by atoms with Crippen molar-refractivity contribution >= 4 is 17.4 Å². The molecule has 33 heavy (non-hydrogen) atoms. The second-order valence-electron chi connectivity index (χ2n) is 6.59. The smallest absolute Gasteiger partial charge is 0.417 e. The van der Waals surface area contributed by atoms with Gasteiger partial charge in [-0.1, -0.05) is 0 Å². The van der Waals surface area contributed by atoms with Crippen molar-refractivity contribution in [3.8, 4) is 5.75 Å². The minimum Gasteiger partial charge on any atom is -0.417 e. The zero-order valence-corrected chi connectivity index (χ0v) is 16.3. The van der Waals surface area contributed by atoms with Crippen LogP contribution in [0.1, 0.15) is 18.2 Å². The van der Waals surface area contributed by atoms with Crippen molar-refractivity contribution in [2.45, 2.75) is 31.1 Å². The van der Waals surface area contributed by atoms with Crippen LogP contribution in [0.2, 0.25) is 0 Å². The molecule has 0 bridgehead atoms. The van der Waals surface area contributed by atoms with Crippen LogP contribution in [0.15, 0.2) is 34.3 Å². The highest BCUT2D eigenvalue weighted by atomic mass is 19.4. The van der Waals surface area contributed by atoms with Crippen LogP contribution in [0, 0.1) is 0 Å². The summed E-state index contributed by atoms with van der Waals surface area (Å²) in [6, 6.07) is 1.48. The molecular formula is C17H15F7N4O5. The average molecular weight is 488 g/mol. The number of allylic oxidation sites excluding steroid dienone is 1. The third-order valence-corrected chi connectivity index (χ3v) is 3.96. The third kappa shape index (κ3) is 5.96. The molecule has 0 aliphatic rings. The fourth-order valence-corrected chi connectivity index (χ4v) is 2.39. The van der Waals surface area contributed by atoms with Crippen LogP contribution in [0.3, 0.4) is 0 Å². The summed E-state index contributed by atoms with van der Waals surface area (Å²) in [7, 11) is 0. The van der Waals surface area contributed by atoms with Crippen molar-refractivity contribution in [1.29, 1.82) is 0 Å². The first kappa shape index (κ1) is 26.0. The average Bonchev–Trinajstić information content (AvgIpc) is 2.62. The van der Waals surface area contributed by atoms with Crippen molar-refractivity contribution < 1.29 is 50.8 Å². The fraction of sp³-hybridized carbons (Fsp3) is 0.353. The van der Waals surface area contributed by atoms with Gasteiger partial charge in [-0.05, 0) is 6.07 Å². The van der Waals surface area contributed by atoms with Crippen molar-refractivity contribution in [3.05, 3.63) is 46.1 Å². The standard InChI is InChI=1S/C17H15F7N4O5/c1-14(18,19)15(20,21)7-26-6-8(5-25)11-12(16(22,23)24)27-10-4-9(33-17(30,31)32)2-3-28(10)13(11)29/h2-6,30-32H,7,25H2,1H3/b8-5+,26-6?. The van der Waals surface area contributed by atoms with Crippen LogP contribution in [0.4, 0.5) is 30.7 Å². The van der Waals surface area contributed by atoms with Gasteiger partial charge in [-0.3, -0.25) is 14.2 Å². The van der Waals surface area contributed by atoms with E-state index in [1.807, 2.05) is 0 Å². The molecule has 0 aliphatic carbocycles. The second kappa shape index (κ2) is 8.60. The van der Waals surface area contributed by atoms with E-state index in [-0.39, 0.29) is 6.92 Å². The molecule has 0 amide bonds. The molecule has 182 valence electrons. The molecule has 9 nitrogen and oxygen atoms in total. The van der Waals surface area contributed by atoms with E-state index >= 15 is 0 Å². The molecule has 2 aromatic rings. The molecule has 0 saturated heterocycles. The molecule has 0 atom stereocenters. The Morgan fingerprint density at radius 2 is 1.82 bits per heavy atom. The number of alkyl halides is 7. The first-order chi connectivity index (χ1) is 14.9. The SMILES string of the molecule is CC(F)(F)C(F)(F)CN=C/C(=C\N)c1c(C(F)(F)F)nc2cc(OC(O)(O)O)ccn2c1=O. The molecule has 5 N–H and O–H groups in total. The van der Waals surface area contributed by atoms with E-state index in [9.17, 15) is 35.5 Å². The quantitative estimate of drug-likeness (QED) is 0.262. The van der Waals surface area contributed by atoms with Gasteiger partial charge in [-0.15, -0.1) is 0 Å². The highest BCUT2D eigenvalue weighted by Crippen LogP contribution is 2.34. The normalized spacial score (nSPS) is 14.3. The molecule has 0 aliphatic heterocycles. The van der Waals surface area contributed by atoms with Crippen molar-refractivity contribution in [2.75, 3.05) is 6.54 Å². The van der Waals surface area contributed by atoms with Gasteiger partial charge >= 0.3 is 24.2 Å². The Morgan fingerprint density at radius 3 is 2.30 bits per heavy atom. The summed E-state index contributed by atoms with van der Waals surface area (Å²) < 4.78 is 98.1. The predicted molar refractivity (Wildman–Crippen MR) is 97.6 cm³/mol. The monoisotopic (exact) mass is 488 g/mol. The summed E-state index contributed by atoms with van der Waals surface area (Å²) >= 11 is 0. The maximum absolute atomic E-state index is 13.6. The van der Waals surface area contributed by atoms with Gasteiger partial charge in [0, 0.05) is 37.2 Å². The fourth-order valence-electron chi connectivity index (χ4n) is 2.39. The van der Waals surface area contributed by atoms with E-state index in [0.717, 1.165) is 12.3 Å². The van der Waals surface area contributed by atoms with Crippen LogP contribution < -0.4 is 16.0 Å². The van der Waals surface area contributed by atoms with Crippen LogP contribution >= 0.6 is 0 Å². The highest BCUT2D eigenvalue weighted by molar-refractivity contribution is 6.10. The van der Waals surface area contributed by atoms with Crippen LogP contribution in [0.5, 0.6) is 5.75 Å². The molecule has 0 radical (unpaired) electrons. The Labute approximate surface area is 178 Å². The number of nitrogens with zero attached hydrogens (tertiary/aromatic N) is 3. The Bertz CT molecular complexity index is 1150. The zero-order valence-electron chi connectivity index (χ0n) is 16.3. The lowest BCUT2D eigenvalue weighted by Gasteiger charge is -2.21. The van der Waals surface area contributed by atoms with Crippen molar-refractivity contribution in [2.24, 2.45) is 10.7 Å². The van der Waals surface area contributed by atoms with Gasteiger partial charge in [0.25, 0.3) is 5.56 Å². The summed E-state index contributed by atoms with van der Waals surface area (Å²) in [6.07, 6.45) is -7.48. The lowest BCUT2D eigenvalue weighted by Crippen LogP contribution is -2.40. The molecule has 2 aromatic heterocycles. The number of fused-ring (bicyclic) bond motifs is 1. The van der Waals surface area contributed by atoms with Gasteiger partial charge in [-0.25, -0.2) is 13.8 Å². The molecule has 0 aromatic carbocycles. The van der Waals surface area contributed by atoms with E-state index in [1.54, 1.807) is 0 Å². The molecule has 2 heterocycles. The molecule has 0 fully saturated rings. The first-order valence-electron chi connectivity index (χ1n) is 8.55. The lowest BCUT2D eigenvalue weighted by molar-refractivity contribution is -0.419. The minimum atomic E-state index is -5.29. The second-order valence-corrected chi connectivity index (χ2v) is 6.59. The van der Waals surface area contributed by atoms with Gasteiger partial charge in [0.15, 0.2) is 5.69 Å². The van der Waals surface area contributed by atoms with Crippen molar-refractivity contribution in [3.63, 3.8) is 0 Å². The van der Waals surface area contributed by atoms with Crippen LogP contribution in [0.25, 0.3) is 11.2 Å². The number of halogens is 7. The van der Waals surface area contributed by atoms with Crippen molar-refractivity contribution in [1.82, 2.24) is 9.38 Å². The molecule has 0 saturated carbocycles. The van der Waals surface area contributed by atoms with Gasteiger partial charge < -0.3 is 25.8 Å². The number of hydrogen-bond donors (Lipinski definition) is 4. The van der Waals surface area contributed by atoms with E-state index < -0.39 is 64.5 Å². The minimum absolute atomic E-state index is 0.0734. The number of hydrogen-bond acceptors (Lipinski definition) is 8. The van der Waals surface area contributed by atoms with E-state index in [4.69, 9.17) is 21.1 Å². The van der Waals surface area contributed by atoms with E-state index in [1.165, 1.54) is 0 Å². The number of nitrogens with two attached hydrogens (primary N) is 1. The summed E-state index contributed by atoms with van der Waals surface area (Å²) in [5.41, 5.74) is -0.844. The first-order valence-corrected chi connectivity index (χ1v) is 8.55. The van der Waals surface area contributed by atoms with E-state index in [2.05, 4.69) is 14.7 Å². The maximum atomic E-state index is 13.6.